The Labute approximate surface area is 315 Å². The number of piperazine rings is 1. The number of carbonyl (C=O) groups is 2. The zero-order chi connectivity index (χ0) is 37.4. The van der Waals surface area contributed by atoms with E-state index in [0.29, 0.717) is 55.8 Å². The Hall–Kier alpha value is -2.18. The second-order valence-electron chi connectivity index (χ2n) is 20.2. The summed E-state index contributed by atoms with van der Waals surface area (Å²) in [6.45, 7) is 25.8. The number of esters is 1. The van der Waals surface area contributed by atoms with E-state index in [0.717, 1.165) is 63.6 Å². The van der Waals surface area contributed by atoms with Crippen LogP contribution in [0.2, 0.25) is 0 Å². The lowest BCUT2D eigenvalue weighted by Crippen LogP contribution is -2.65. The van der Waals surface area contributed by atoms with Crippen LogP contribution in [0.25, 0.3) is 0 Å². The first-order chi connectivity index (χ1) is 24.5. The van der Waals surface area contributed by atoms with E-state index < -0.39 is 5.41 Å². The number of aliphatic hydroxyl groups is 1. The molecule has 1 N–H and O–H groups in total. The predicted octanol–water partition coefficient (Wildman–Crippen LogP) is 9.13. The van der Waals surface area contributed by atoms with E-state index in [1.807, 2.05) is 17.0 Å². The lowest BCUT2D eigenvalue weighted by Gasteiger charge is -2.71. The van der Waals surface area contributed by atoms with Gasteiger partial charge in [0.05, 0.1) is 11.5 Å². The van der Waals surface area contributed by atoms with Gasteiger partial charge in [0.1, 0.15) is 6.61 Å². The molecule has 0 aromatic heterocycles. The van der Waals surface area contributed by atoms with Crippen LogP contribution in [0, 0.1) is 56.7 Å². The van der Waals surface area contributed by atoms with Crippen LogP contribution in [0.5, 0.6) is 0 Å². The summed E-state index contributed by atoms with van der Waals surface area (Å²) in [4.78, 5) is 32.1. The fourth-order valence-electron chi connectivity index (χ4n) is 13.6. The van der Waals surface area contributed by atoms with Crippen molar-refractivity contribution in [2.24, 2.45) is 56.7 Å². The molecule has 1 aliphatic heterocycles. The van der Waals surface area contributed by atoms with Crippen molar-refractivity contribution in [3.05, 3.63) is 47.0 Å². The highest BCUT2D eigenvalue weighted by Gasteiger charge is 2.69. The summed E-state index contributed by atoms with van der Waals surface area (Å²) in [7, 11) is 0. The minimum absolute atomic E-state index is 0.0452. The molecule has 6 nitrogen and oxygen atoms in total. The molecule has 4 saturated carbocycles. The predicted molar refractivity (Wildman–Crippen MR) is 209 cm³/mol. The van der Waals surface area contributed by atoms with Crippen molar-refractivity contribution in [3.8, 4) is 0 Å². The maximum atomic E-state index is 14.6. The van der Waals surface area contributed by atoms with Crippen LogP contribution in [0.4, 0.5) is 0 Å². The van der Waals surface area contributed by atoms with E-state index in [-0.39, 0.29) is 45.6 Å². The third-order valence-electron chi connectivity index (χ3n) is 17.5. The molecule has 6 aliphatic rings. The number of amides is 1. The van der Waals surface area contributed by atoms with Crippen molar-refractivity contribution in [3.63, 3.8) is 0 Å². The third kappa shape index (κ3) is 5.77. The molecule has 0 spiro atoms. The van der Waals surface area contributed by atoms with Gasteiger partial charge in [-0.1, -0.05) is 86.1 Å². The van der Waals surface area contributed by atoms with Crippen LogP contribution in [-0.4, -0.2) is 72.2 Å². The Morgan fingerprint density at radius 2 is 1.56 bits per heavy atom. The minimum atomic E-state index is -0.436. The van der Waals surface area contributed by atoms with E-state index in [9.17, 15) is 14.7 Å². The largest absolute Gasteiger partial charge is 0.464 e. The lowest BCUT2D eigenvalue weighted by atomic mass is 9.33. The van der Waals surface area contributed by atoms with Crippen LogP contribution in [0.1, 0.15) is 142 Å². The molecule has 7 rings (SSSR count). The third-order valence-corrected chi connectivity index (χ3v) is 17.5. The van der Waals surface area contributed by atoms with Gasteiger partial charge in [0.25, 0.3) is 5.91 Å². The van der Waals surface area contributed by atoms with Crippen molar-refractivity contribution in [1.82, 2.24) is 9.80 Å². The summed E-state index contributed by atoms with van der Waals surface area (Å²) >= 11 is 0. The SMILES string of the molecule is CC(C)c1ccc(C(=O)N2CCN(CCOC(=O)[C@]34CC[C@@H](C)[C@H](C)[C@H]3C3=CC[C@@H]5[C@@]6(C)CC[C@H](O)C(C)(C)[C@@H]6CC[C@@]5(C)[C@]3(C)CC4)CC2)cc1. The average Bonchev–Trinajstić information content (AvgIpc) is 3.12. The Bertz CT molecular complexity index is 1540. The number of benzene rings is 1. The fraction of sp³-hybridized carbons (Fsp3) is 0.783. The summed E-state index contributed by atoms with van der Waals surface area (Å²) in [6.07, 6.45) is 12.0. The van der Waals surface area contributed by atoms with Crippen LogP contribution < -0.4 is 0 Å². The van der Waals surface area contributed by atoms with E-state index in [4.69, 9.17) is 4.74 Å². The number of fused-ring (bicyclic) bond motifs is 7. The number of carbonyl (C=O) groups excluding carboxylic acids is 2. The standard InChI is InChI=1S/C46H70N2O4/c1-30(2)33-10-12-34(13-11-33)40(50)48-26-24-47(25-27-48)28-29-52-41(51)46-21-16-31(3)32(4)39(46)35-14-15-37-43(7)19-18-38(49)42(5,6)36(43)17-20-45(37,9)44(35,8)22-23-46/h10-14,30-32,36-39,49H,15-29H2,1-9H3/t31-,32+,36+,37-,38+,39+,43+,44-,45-,46+/m1/s1. The first-order valence-corrected chi connectivity index (χ1v) is 21.2. The Kier molecular flexibility index (Phi) is 9.92. The van der Waals surface area contributed by atoms with Gasteiger partial charge in [0.2, 0.25) is 0 Å². The molecular formula is C46H70N2O4. The molecule has 1 amide bonds. The van der Waals surface area contributed by atoms with Crippen molar-refractivity contribution in [1.29, 1.82) is 0 Å². The summed E-state index contributed by atoms with van der Waals surface area (Å²) in [5, 5.41) is 11.1. The maximum absolute atomic E-state index is 14.6. The number of aliphatic hydroxyl groups excluding tert-OH is 1. The van der Waals surface area contributed by atoms with Gasteiger partial charge < -0.3 is 14.7 Å². The molecular weight excluding hydrogens is 645 g/mol. The molecule has 5 fully saturated rings. The van der Waals surface area contributed by atoms with Crippen LogP contribution >= 0.6 is 0 Å². The van der Waals surface area contributed by atoms with Crippen LogP contribution in [0.15, 0.2) is 35.9 Å². The van der Waals surface area contributed by atoms with Crippen LogP contribution in [-0.2, 0) is 9.53 Å². The van der Waals surface area contributed by atoms with E-state index >= 15 is 0 Å². The van der Waals surface area contributed by atoms with Gasteiger partial charge in [-0.05, 0) is 133 Å². The monoisotopic (exact) mass is 715 g/mol. The van der Waals surface area contributed by atoms with Crippen molar-refractivity contribution >= 4 is 11.9 Å². The van der Waals surface area contributed by atoms with Gasteiger partial charge in [-0.25, -0.2) is 0 Å². The summed E-state index contributed by atoms with van der Waals surface area (Å²) in [6, 6.07) is 8.08. The van der Waals surface area contributed by atoms with Gasteiger partial charge in [0, 0.05) is 38.3 Å². The average molecular weight is 715 g/mol. The number of rotatable bonds is 6. The zero-order valence-electron chi connectivity index (χ0n) is 34.1. The molecule has 288 valence electrons. The highest BCUT2D eigenvalue weighted by Crippen LogP contribution is 2.75. The van der Waals surface area contributed by atoms with Gasteiger partial charge in [-0.3, -0.25) is 14.5 Å². The molecule has 0 bridgehead atoms. The summed E-state index contributed by atoms with van der Waals surface area (Å²) < 4.78 is 6.35. The summed E-state index contributed by atoms with van der Waals surface area (Å²) in [5.41, 5.74) is 3.58. The van der Waals surface area contributed by atoms with Crippen molar-refractivity contribution in [2.75, 3.05) is 39.3 Å². The Morgan fingerprint density at radius 3 is 2.23 bits per heavy atom. The highest BCUT2D eigenvalue weighted by molar-refractivity contribution is 5.94. The maximum Gasteiger partial charge on any atom is 0.312 e. The molecule has 6 heteroatoms. The minimum Gasteiger partial charge on any atom is -0.464 e. The smallest absolute Gasteiger partial charge is 0.312 e. The highest BCUT2D eigenvalue weighted by atomic mass is 16.5. The molecule has 5 aliphatic carbocycles. The molecule has 1 aromatic carbocycles. The number of hydrogen-bond acceptors (Lipinski definition) is 5. The van der Waals surface area contributed by atoms with Crippen LogP contribution in [0.3, 0.4) is 0 Å². The lowest BCUT2D eigenvalue weighted by molar-refractivity contribution is -0.207. The number of nitrogens with zero attached hydrogens (tertiary/aromatic N) is 2. The second-order valence-corrected chi connectivity index (χ2v) is 20.2. The first kappa shape index (κ1) is 38.1. The Morgan fingerprint density at radius 1 is 0.865 bits per heavy atom. The summed E-state index contributed by atoms with van der Waals surface area (Å²) in [5.74, 6) is 3.00. The van der Waals surface area contributed by atoms with Crippen molar-refractivity contribution < 1.29 is 19.4 Å². The van der Waals surface area contributed by atoms with Crippen molar-refractivity contribution in [2.45, 2.75) is 132 Å². The van der Waals surface area contributed by atoms with Gasteiger partial charge in [-0.2, -0.15) is 0 Å². The van der Waals surface area contributed by atoms with E-state index in [1.54, 1.807) is 5.57 Å². The Balaban J connectivity index is 1.03. The molecule has 1 saturated heterocycles. The fourth-order valence-corrected chi connectivity index (χ4v) is 13.6. The zero-order valence-corrected chi connectivity index (χ0v) is 34.1. The van der Waals surface area contributed by atoms with Gasteiger partial charge >= 0.3 is 5.97 Å². The number of ether oxygens (including phenoxy) is 1. The number of hydrogen-bond donors (Lipinski definition) is 1. The normalized spacial score (nSPS) is 41.6. The molecule has 1 heterocycles. The first-order valence-electron chi connectivity index (χ1n) is 21.2. The topological polar surface area (TPSA) is 70.1 Å². The molecule has 1 aromatic rings. The van der Waals surface area contributed by atoms with Gasteiger partial charge in [-0.15, -0.1) is 0 Å². The molecule has 0 radical (unpaired) electrons. The quantitative estimate of drug-likeness (QED) is 0.235. The van der Waals surface area contributed by atoms with E-state index in [1.165, 1.54) is 18.4 Å². The number of allylic oxidation sites excluding steroid dienone is 2. The molecule has 10 atom stereocenters. The molecule has 52 heavy (non-hydrogen) atoms. The second kappa shape index (κ2) is 13.5. The van der Waals surface area contributed by atoms with E-state index in [2.05, 4.69) is 85.4 Å². The molecule has 0 unspecified atom stereocenters. The van der Waals surface area contributed by atoms with Gasteiger partial charge in [0.15, 0.2) is 0 Å².